The van der Waals surface area contributed by atoms with Crippen LogP contribution in [0.2, 0.25) is 0 Å². The molecule has 1 saturated heterocycles. The van der Waals surface area contributed by atoms with Gasteiger partial charge >= 0.3 is 0 Å². The number of nitrogens with zero attached hydrogens (tertiary/aromatic N) is 1. The second kappa shape index (κ2) is 8.01. The standard InChI is InChI=1S/C10H24N4O/c11-5-3-8-13-7-1-2-9-14-10(15-14)4-6-12/h10,13H,1-9,11-12H2. The van der Waals surface area contributed by atoms with Gasteiger partial charge < -0.3 is 16.8 Å². The van der Waals surface area contributed by atoms with E-state index in [4.69, 9.17) is 16.3 Å². The van der Waals surface area contributed by atoms with Gasteiger partial charge in [0.2, 0.25) is 0 Å². The lowest BCUT2D eigenvalue weighted by molar-refractivity contribution is 0.195. The van der Waals surface area contributed by atoms with Crippen molar-refractivity contribution in [2.45, 2.75) is 31.9 Å². The molecule has 1 rings (SSSR count). The molecule has 2 unspecified atom stereocenters. The van der Waals surface area contributed by atoms with E-state index in [9.17, 15) is 0 Å². The summed E-state index contributed by atoms with van der Waals surface area (Å²) in [6, 6.07) is 0. The highest BCUT2D eigenvalue weighted by Crippen LogP contribution is 2.22. The quantitative estimate of drug-likeness (QED) is 0.343. The van der Waals surface area contributed by atoms with Crippen molar-refractivity contribution in [1.82, 2.24) is 10.4 Å². The molecule has 1 aliphatic rings. The topological polar surface area (TPSA) is 79.6 Å². The molecule has 0 aromatic heterocycles. The Labute approximate surface area is 92.1 Å². The van der Waals surface area contributed by atoms with E-state index in [0.29, 0.717) is 12.8 Å². The molecule has 1 fully saturated rings. The van der Waals surface area contributed by atoms with Gasteiger partial charge in [0.15, 0.2) is 6.23 Å². The Balaban J connectivity index is 1.75. The van der Waals surface area contributed by atoms with Crippen LogP contribution in [0.5, 0.6) is 0 Å². The van der Waals surface area contributed by atoms with Gasteiger partial charge in [-0.2, -0.15) is 5.06 Å². The number of unbranched alkanes of at least 4 members (excludes halogenated alkanes) is 1. The van der Waals surface area contributed by atoms with E-state index in [1.54, 1.807) is 0 Å². The summed E-state index contributed by atoms with van der Waals surface area (Å²) in [4.78, 5) is 5.32. The summed E-state index contributed by atoms with van der Waals surface area (Å²) in [7, 11) is 0. The fourth-order valence-electron chi connectivity index (χ4n) is 1.53. The fraction of sp³-hybridized carbons (Fsp3) is 1.00. The molecular formula is C10H24N4O. The summed E-state index contributed by atoms with van der Waals surface area (Å²) in [6.45, 7) is 4.63. The number of hydrogen-bond donors (Lipinski definition) is 3. The van der Waals surface area contributed by atoms with Gasteiger partial charge in [-0.3, -0.25) is 4.84 Å². The molecule has 1 aliphatic heterocycles. The first-order valence-electron chi connectivity index (χ1n) is 5.92. The molecule has 0 bridgehead atoms. The van der Waals surface area contributed by atoms with Gasteiger partial charge in [-0.05, 0) is 45.4 Å². The Morgan fingerprint density at radius 3 is 2.60 bits per heavy atom. The number of nitrogens with two attached hydrogens (primary N) is 2. The van der Waals surface area contributed by atoms with E-state index in [2.05, 4.69) is 5.32 Å². The summed E-state index contributed by atoms with van der Waals surface area (Å²) in [5.41, 5.74) is 10.8. The van der Waals surface area contributed by atoms with Crippen LogP contribution in [0.15, 0.2) is 0 Å². The summed E-state index contributed by atoms with van der Waals surface area (Å²) in [5, 5.41) is 5.38. The first-order chi connectivity index (χ1) is 7.38. The third kappa shape index (κ3) is 6.06. The third-order valence-electron chi connectivity index (χ3n) is 2.49. The summed E-state index contributed by atoms with van der Waals surface area (Å²) in [5.74, 6) is 0. The molecule has 5 N–H and O–H groups in total. The Morgan fingerprint density at radius 1 is 1.07 bits per heavy atom. The van der Waals surface area contributed by atoms with Gasteiger partial charge in [-0.15, -0.1) is 0 Å². The van der Waals surface area contributed by atoms with Crippen LogP contribution in [0, 0.1) is 0 Å². The van der Waals surface area contributed by atoms with Crippen molar-refractivity contribution in [3.05, 3.63) is 0 Å². The molecule has 5 nitrogen and oxygen atoms in total. The number of nitrogens with one attached hydrogen (secondary N) is 1. The maximum absolute atomic E-state index is 5.43. The molecule has 0 spiro atoms. The van der Waals surface area contributed by atoms with Crippen molar-refractivity contribution in [3.63, 3.8) is 0 Å². The second-order valence-corrected chi connectivity index (χ2v) is 3.88. The molecule has 15 heavy (non-hydrogen) atoms. The summed E-state index contributed by atoms with van der Waals surface area (Å²) in [6.07, 6.45) is 4.69. The van der Waals surface area contributed by atoms with E-state index < -0.39 is 0 Å². The van der Waals surface area contributed by atoms with Crippen molar-refractivity contribution >= 4 is 0 Å². The van der Waals surface area contributed by atoms with Crippen LogP contribution < -0.4 is 16.8 Å². The SMILES string of the molecule is NCCCNCCCCN1OC1CCN. The first kappa shape index (κ1) is 12.9. The summed E-state index contributed by atoms with van der Waals surface area (Å²) >= 11 is 0. The number of hydrogen-bond acceptors (Lipinski definition) is 5. The van der Waals surface area contributed by atoms with Crippen LogP contribution in [0.25, 0.3) is 0 Å². The molecule has 0 aromatic rings. The smallest absolute Gasteiger partial charge is 0.155 e. The van der Waals surface area contributed by atoms with E-state index in [0.717, 1.165) is 39.0 Å². The first-order valence-corrected chi connectivity index (χ1v) is 5.92. The molecular weight excluding hydrogens is 192 g/mol. The molecule has 0 amide bonds. The van der Waals surface area contributed by atoms with E-state index in [-0.39, 0.29) is 0 Å². The fourth-order valence-corrected chi connectivity index (χ4v) is 1.53. The Morgan fingerprint density at radius 2 is 1.87 bits per heavy atom. The van der Waals surface area contributed by atoms with Gasteiger partial charge in [0.25, 0.3) is 0 Å². The van der Waals surface area contributed by atoms with Crippen molar-refractivity contribution < 1.29 is 4.84 Å². The third-order valence-corrected chi connectivity index (χ3v) is 2.49. The molecule has 90 valence electrons. The monoisotopic (exact) mass is 216 g/mol. The van der Waals surface area contributed by atoms with Crippen LogP contribution in [-0.2, 0) is 4.84 Å². The van der Waals surface area contributed by atoms with Crippen molar-refractivity contribution in [2.75, 3.05) is 32.7 Å². The molecule has 0 aromatic carbocycles. The largest absolute Gasteiger partial charge is 0.330 e. The highest BCUT2D eigenvalue weighted by Gasteiger charge is 2.34. The van der Waals surface area contributed by atoms with Gasteiger partial charge in [-0.1, -0.05) is 0 Å². The predicted octanol–water partition coefficient (Wildman–Crippen LogP) is -0.373. The van der Waals surface area contributed by atoms with Crippen LogP contribution in [0.4, 0.5) is 0 Å². The van der Waals surface area contributed by atoms with Gasteiger partial charge in [-0.25, -0.2) is 0 Å². The van der Waals surface area contributed by atoms with Crippen molar-refractivity contribution in [3.8, 4) is 0 Å². The van der Waals surface area contributed by atoms with Gasteiger partial charge in [0.1, 0.15) is 0 Å². The zero-order valence-electron chi connectivity index (χ0n) is 9.45. The molecule has 0 aliphatic carbocycles. The van der Waals surface area contributed by atoms with E-state index in [1.165, 1.54) is 12.8 Å². The number of rotatable bonds is 10. The molecule has 0 saturated carbocycles. The number of hydroxylamine groups is 2. The minimum atomic E-state index is 0.306. The Hall–Kier alpha value is -0.200. The lowest BCUT2D eigenvalue weighted by atomic mass is 10.3. The zero-order chi connectivity index (χ0) is 10.9. The average molecular weight is 216 g/mol. The van der Waals surface area contributed by atoms with Crippen molar-refractivity contribution in [1.29, 1.82) is 0 Å². The zero-order valence-corrected chi connectivity index (χ0v) is 9.45. The molecule has 5 heteroatoms. The van der Waals surface area contributed by atoms with E-state index in [1.807, 2.05) is 5.06 Å². The van der Waals surface area contributed by atoms with Gasteiger partial charge in [0, 0.05) is 13.0 Å². The molecule has 0 radical (unpaired) electrons. The van der Waals surface area contributed by atoms with Crippen LogP contribution in [-0.4, -0.2) is 44.0 Å². The Bertz CT molecular complexity index is 156. The maximum Gasteiger partial charge on any atom is 0.155 e. The van der Waals surface area contributed by atoms with Crippen LogP contribution in [0.3, 0.4) is 0 Å². The lowest BCUT2D eigenvalue weighted by Crippen LogP contribution is -2.20. The highest BCUT2D eigenvalue weighted by atomic mass is 16.8. The predicted molar refractivity (Wildman–Crippen MR) is 61.0 cm³/mol. The Kier molecular flexibility index (Phi) is 6.87. The van der Waals surface area contributed by atoms with Crippen molar-refractivity contribution in [2.24, 2.45) is 11.5 Å². The normalized spacial score (nSPS) is 24.4. The van der Waals surface area contributed by atoms with E-state index >= 15 is 0 Å². The molecule has 2 atom stereocenters. The van der Waals surface area contributed by atoms with Gasteiger partial charge in [0.05, 0.1) is 0 Å². The summed E-state index contributed by atoms with van der Waals surface area (Å²) < 4.78 is 0. The second-order valence-electron chi connectivity index (χ2n) is 3.88. The highest BCUT2D eigenvalue weighted by molar-refractivity contribution is 4.66. The lowest BCUT2D eigenvalue weighted by Gasteiger charge is -2.03. The van der Waals surface area contributed by atoms with Crippen LogP contribution >= 0.6 is 0 Å². The minimum Gasteiger partial charge on any atom is -0.330 e. The van der Waals surface area contributed by atoms with Crippen LogP contribution in [0.1, 0.15) is 25.7 Å². The minimum absolute atomic E-state index is 0.306. The molecule has 1 heterocycles. The maximum atomic E-state index is 5.43. The average Bonchev–Trinajstić information content (AvgIpc) is 2.96.